The molecule has 0 aromatic heterocycles. The van der Waals surface area contributed by atoms with Crippen LogP contribution in [-0.2, 0) is 14.3 Å². The molecule has 9 heteroatoms. The summed E-state index contributed by atoms with van der Waals surface area (Å²) in [5, 5.41) is 15.8. The summed E-state index contributed by atoms with van der Waals surface area (Å²) in [5.74, 6) is -1.26. The number of nitrogens with one attached hydrogen (secondary N) is 2. The summed E-state index contributed by atoms with van der Waals surface area (Å²) in [4.78, 5) is 45.7. The minimum atomic E-state index is -0.736. The highest BCUT2D eigenvalue weighted by Gasteiger charge is 2.22. The van der Waals surface area contributed by atoms with Crippen LogP contribution in [0.1, 0.15) is 37.0 Å². The SMILES string of the molecule is COC(=O)[C@@H](CC(C)C)NC(=O)CCNC(=O)c1cccc([N+](=O)[O-])c1. The van der Waals surface area contributed by atoms with E-state index in [0.29, 0.717) is 6.42 Å². The van der Waals surface area contributed by atoms with Crippen LogP contribution in [0.25, 0.3) is 0 Å². The third-order valence-electron chi connectivity index (χ3n) is 3.48. The van der Waals surface area contributed by atoms with Crippen molar-refractivity contribution >= 4 is 23.5 Å². The van der Waals surface area contributed by atoms with Gasteiger partial charge in [-0.2, -0.15) is 0 Å². The zero-order chi connectivity index (χ0) is 19.7. The van der Waals surface area contributed by atoms with E-state index in [9.17, 15) is 24.5 Å². The lowest BCUT2D eigenvalue weighted by atomic mass is 10.0. The van der Waals surface area contributed by atoms with Gasteiger partial charge in [0.2, 0.25) is 5.91 Å². The number of esters is 1. The van der Waals surface area contributed by atoms with Crippen LogP contribution in [0.15, 0.2) is 24.3 Å². The van der Waals surface area contributed by atoms with Crippen LogP contribution in [-0.4, -0.2) is 42.4 Å². The number of hydrogen-bond acceptors (Lipinski definition) is 6. The number of rotatable bonds is 9. The molecule has 2 amide bonds. The average Bonchev–Trinajstić information content (AvgIpc) is 2.60. The molecule has 26 heavy (non-hydrogen) atoms. The van der Waals surface area contributed by atoms with Crippen molar-refractivity contribution in [1.82, 2.24) is 10.6 Å². The van der Waals surface area contributed by atoms with Crippen molar-refractivity contribution in [2.45, 2.75) is 32.7 Å². The number of carbonyl (C=O) groups excluding carboxylic acids is 3. The van der Waals surface area contributed by atoms with Crippen LogP contribution in [0, 0.1) is 16.0 Å². The maximum Gasteiger partial charge on any atom is 0.328 e. The van der Waals surface area contributed by atoms with Crippen LogP contribution in [0.2, 0.25) is 0 Å². The van der Waals surface area contributed by atoms with Gasteiger partial charge in [-0.25, -0.2) is 4.79 Å². The Bertz CT molecular complexity index is 674. The maximum atomic E-state index is 12.0. The van der Waals surface area contributed by atoms with Gasteiger partial charge >= 0.3 is 5.97 Å². The average molecular weight is 365 g/mol. The molecule has 0 fully saturated rings. The van der Waals surface area contributed by atoms with Crippen molar-refractivity contribution < 1.29 is 24.0 Å². The number of ether oxygens (including phenoxy) is 1. The van der Waals surface area contributed by atoms with Gasteiger partial charge in [-0.3, -0.25) is 19.7 Å². The van der Waals surface area contributed by atoms with Gasteiger partial charge in [0, 0.05) is 30.7 Å². The Kier molecular flexibility index (Phi) is 8.20. The zero-order valence-electron chi connectivity index (χ0n) is 15.0. The third-order valence-corrected chi connectivity index (χ3v) is 3.48. The van der Waals surface area contributed by atoms with Gasteiger partial charge in [-0.05, 0) is 18.4 Å². The molecule has 0 radical (unpaired) electrons. The molecule has 2 N–H and O–H groups in total. The first-order chi connectivity index (χ1) is 12.2. The number of nitro groups is 1. The van der Waals surface area contributed by atoms with Gasteiger partial charge in [-0.1, -0.05) is 19.9 Å². The summed E-state index contributed by atoms with van der Waals surface area (Å²) >= 11 is 0. The molecule has 0 spiro atoms. The number of amides is 2. The molecule has 1 atom stereocenters. The normalized spacial score (nSPS) is 11.5. The first-order valence-electron chi connectivity index (χ1n) is 8.14. The lowest BCUT2D eigenvalue weighted by Crippen LogP contribution is -2.43. The summed E-state index contributed by atoms with van der Waals surface area (Å²) in [6.07, 6.45) is 0.407. The molecule has 1 aromatic rings. The molecular formula is C17H23N3O6. The first kappa shape index (κ1) is 21.1. The van der Waals surface area contributed by atoms with Crippen LogP contribution < -0.4 is 10.6 Å². The van der Waals surface area contributed by atoms with Crippen molar-refractivity contribution in [3.05, 3.63) is 39.9 Å². The Morgan fingerprint density at radius 1 is 1.27 bits per heavy atom. The summed E-state index contributed by atoms with van der Waals surface area (Å²) < 4.78 is 4.67. The Morgan fingerprint density at radius 3 is 2.54 bits per heavy atom. The van der Waals surface area contributed by atoms with E-state index in [1.165, 1.54) is 25.3 Å². The van der Waals surface area contributed by atoms with Crippen molar-refractivity contribution in [2.75, 3.05) is 13.7 Å². The van der Waals surface area contributed by atoms with Gasteiger partial charge in [0.05, 0.1) is 12.0 Å². The molecule has 0 aliphatic rings. The summed E-state index contributed by atoms with van der Waals surface area (Å²) in [6.45, 7) is 3.87. The number of benzene rings is 1. The molecule has 0 saturated carbocycles. The predicted molar refractivity (Wildman–Crippen MR) is 93.4 cm³/mol. The number of carbonyl (C=O) groups is 3. The number of non-ortho nitro benzene ring substituents is 1. The van der Waals surface area contributed by atoms with Gasteiger partial charge in [0.15, 0.2) is 0 Å². The molecule has 1 rings (SSSR count). The number of methoxy groups -OCH3 is 1. The fourth-order valence-corrected chi connectivity index (χ4v) is 2.25. The largest absolute Gasteiger partial charge is 0.467 e. The van der Waals surface area contributed by atoms with E-state index < -0.39 is 28.7 Å². The number of nitrogens with zero attached hydrogens (tertiary/aromatic N) is 1. The number of nitro benzene ring substituents is 1. The molecule has 0 bridgehead atoms. The van der Waals surface area contributed by atoms with Crippen molar-refractivity contribution in [3.63, 3.8) is 0 Å². The Balaban J connectivity index is 2.52. The van der Waals surface area contributed by atoms with Crippen LogP contribution in [0.4, 0.5) is 5.69 Å². The monoisotopic (exact) mass is 365 g/mol. The first-order valence-corrected chi connectivity index (χ1v) is 8.14. The highest BCUT2D eigenvalue weighted by atomic mass is 16.6. The van der Waals surface area contributed by atoms with Gasteiger partial charge in [-0.15, -0.1) is 0 Å². The molecule has 0 heterocycles. The Labute approximate surface area is 151 Å². The maximum absolute atomic E-state index is 12.0. The van der Waals surface area contributed by atoms with Gasteiger partial charge in [0.25, 0.3) is 11.6 Å². The lowest BCUT2D eigenvalue weighted by Gasteiger charge is -2.18. The Hall–Kier alpha value is -2.97. The Morgan fingerprint density at radius 2 is 1.96 bits per heavy atom. The number of hydrogen-bond donors (Lipinski definition) is 2. The van der Waals surface area contributed by atoms with Crippen LogP contribution >= 0.6 is 0 Å². The van der Waals surface area contributed by atoms with E-state index in [0.717, 1.165) is 6.07 Å². The molecular weight excluding hydrogens is 342 g/mol. The van der Waals surface area contributed by atoms with Crippen LogP contribution in [0.5, 0.6) is 0 Å². The molecule has 142 valence electrons. The van der Waals surface area contributed by atoms with E-state index in [2.05, 4.69) is 15.4 Å². The highest BCUT2D eigenvalue weighted by molar-refractivity contribution is 5.95. The second-order valence-corrected chi connectivity index (χ2v) is 6.09. The molecule has 1 aromatic carbocycles. The minimum Gasteiger partial charge on any atom is -0.467 e. The van der Waals surface area contributed by atoms with E-state index in [-0.39, 0.29) is 30.1 Å². The van der Waals surface area contributed by atoms with E-state index in [4.69, 9.17) is 0 Å². The van der Waals surface area contributed by atoms with Gasteiger partial charge < -0.3 is 15.4 Å². The smallest absolute Gasteiger partial charge is 0.328 e. The zero-order valence-corrected chi connectivity index (χ0v) is 15.0. The van der Waals surface area contributed by atoms with Gasteiger partial charge in [0.1, 0.15) is 6.04 Å². The predicted octanol–water partition coefficient (Wildman–Crippen LogP) is 1.42. The summed E-state index contributed by atoms with van der Waals surface area (Å²) in [6, 6.07) is 4.56. The van der Waals surface area contributed by atoms with E-state index in [1.54, 1.807) is 0 Å². The van der Waals surface area contributed by atoms with Crippen molar-refractivity contribution in [1.29, 1.82) is 0 Å². The minimum absolute atomic E-state index is 0.0307. The third kappa shape index (κ3) is 6.88. The summed E-state index contributed by atoms with van der Waals surface area (Å²) in [5.41, 5.74) is -0.0585. The van der Waals surface area contributed by atoms with Crippen LogP contribution in [0.3, 0.4) is 0 Å². The van der Waals surface area contributed by atoms with E-state index in [1.807, 2.05) is 13.8 Å². The second-order valence-electron chi connectivity index (χ2n) is 6.09. The standard InChI is InChI=1S/C17H23N3O6/c1-11(2)9-14(17(23)26-3)19-15(21)7-8-18-16(22)12-5-4-6-13(10-12)20(24)25/h4-6,10-11,14H,7-9H2,1-3H3,(H,18,22)(H,19,21)/t14-/m1/s1. The quantitative estimate of drug-likeness (QED) is 0.387. The summed E-state index contributed by atoms with van der Waals surface area (Å²) in [7, 11) is 1.25. The molecule has 9 nitrogen and oxygen atoms in total. The van der Waals surface area contributed by atoms with Crippen molar-refractivity contribution in [3.8, 4) is 0 Å². The fourth-order valence-electron chi connectivity index (χ4n) is 2.25. The fraction of sp³-hybridized carbons (Fsp3) is 0.471. The second kappa shape index (κ2) is 10.1. The van der Waals surface area contributed by atoms with E-state index >= 15 is 0 Å². The topological polar surface area (TPSA) is 128 Å². The van der Waals surface area contributed by atoms with Crippen molar-refractivity contribution in [2.24, 2.45) is 5.92 Å². The highest BCUT2D eigenvalue weighted by Crippen LogP contribution is 2.12. The molecule has 0 aliphatic carbocycles. The molecule has 0 saturated heterocycles. The lowest BCUT2D eigenvalue weighted by molar-refractivity contribution is -0.384. The molecule has 0 unspecified atom stereocenters. The molecule has 0 aliphatic heterocycles.